The first kappa shape index (κ1) is 14.0. The maximum atomic E-state index is 4.31. The van der Waals surface area contributed by atoms with Gasteiger partial charge in [0.15, 0.2) is 0 Å². The van der Waals surface area contributed by atoms with Gasteiger partial charge in [-0.2, -0.15) is 0 Å². The third-order valence-corrected chi connectivity index (χ3v) is 4.39. The van der Waals surface area contributed by atoms with Crippen molar-refractivity contribution in [3.63, 3.8) is 0 Å². The van der Waals surface area contributed by atoms with E-state index in [-0.39, 0.29) is 0 Å². The first-order chi connectivity index (χ1) is 8.78. The molecule has 2 aliphatic heterocycles. The quantitative estimate of drug-likeness (QED) is 0.748. The molecule has 0 spiro atoms. The lowest BCUT2D eigenvalue weighted by Gasteiger charge is -2.33. The number of hydrogen-bond acceptors (Lipinski definition) is 3. The van der Waals surface area contributed by atoms with Gasteiger partial charge in [-0.05, 0) is 44.8 Å². The van der Waals surface area contributed by atoms with Crippen LogP contribution in [-0.2, 0) is 0 Å². The van der Waals surface area contributed by atoms with E-state index in [1.165, 1.54) is 57.6 Å². The molecule has 2 saturated heterocycles. The van der Waals surface area contributed by atoms with E-state index >= 15 is 0 Å². The highest BCUT2D eigenvalue weighted by atomic mass is 15.2. The number of likely N-dealkylation sites (tertiary alicyclic amines) is 1. The largest absolute Gasteiger partial charge is 0.314 e. The fourth-order valence-electron chi connectivity index (χ4n) is 3.17. The number of piperazine rings is 1. The Kier molecular flexibility index (Phi) is 5.67. The van der Waals surface area contributed by atoms with Gasteiger partial charge >= 0.3 is 0 Å². The van der Waals surface area contributed by atoms with Crippen molar-refractivity contribution < 1.29 is 0 Å². The van der Waals surface area contributed by atoms with Crippen LogP contribution >= 0.6 is 0 Å². The molecule has 0 amide bonds. The second-order valence-corrected chi connectivity index (χ2v) is 5.86. The van der Waals surface area contributed by atoms with Crippen molar-refractivity contribution >= 4 is 0 Å². The molecule has 0 aromatic heterocycles. The molecule has 2 heterocycles. The van der Waals surface area contributed by atoms with E-state index in [2.05, 4.69) is 28.6 Å². The third kappa shape index (κ3) is 4.38. The van der Waals surface area contributed by atoms with E-state index < -0.39 is 0 Å². The van der Waals surface area contributed by atoms with Crippen molar-refractivity contribution in [2.45, 2.75) is 26.2 Å². The smallest absolute Gasteiger partial charge is 0.0191 e. The summed E-state index contributed by atoms with van der Waals surface area (Å²) in [6.45, 7) is 16.2. The van der Waals surface area contributed by atoms with Crippen LogP contribution < -0.4 is 5.32 Å². The van der Waals surface area contributed by atoms with Crippen LogP contribution in [0.4, 0.5) is 0 Å². The highest BCUT2D eigenvalue weighted by molar-refractivity contribution is 5.00. The maximum absolute atomic E-state index is 4.31. The number of piperidine rings is 1. The SMILES string of the molecule is C=C(CC1CCN(CC)CC1)CN1CCNCC1. The summed E-state index contributed by atoms with van der Waals surface area (Å²) in [4.78, 5) is 5.11. The zero-order chi connectivity index (χ0) is 12.8. The fraction of sp³-hybridized carbons (Fsp3) is 0.867. The van der Waals surface area contributed by atoms with E-state index in [0.29, 0.717) is 0 Å². The summed E-state index contributed by atoms with van der Waals surface area (Å²) >= 11 is 0. The molecule has 0 aromatic carbocycles. The molecule has 0 saturated carbocycles. The fourth-order valence-corrected chi connectivity index (χ4v) is 3.17. The van der Waals surface area contributed by atoms with Crippen LogP contribution in [0.2, 0.25) is 0 Å². The van der Waals surface area contributed by atoms with E-state index in [1.54, 1.807) is 0 Å². The minimum atomic E-state index is 0.892. The van der Waals surface area contributed by atoms with Crippen LogP contribution in [0.3, 0.4) is 0 Å². The lowest BCUT2D eigenvalue weighted by atomic mass is 9.90. The first-order valence-corrected chi connectivity index (χ1v) is 7.60. The number of rotatable bonds is 5. The Bertz CT molecular complexity index is 250. The summed E-state index contributed by atoms with van der Waals surface area (Å²) in [5.74, 6) is 0.892. The Hall–Kier alpha value is -0.380. The molecule has 2 rings (SSSR count). The molecule has 0 aromatic rings. The number of nitrogens with zero attached hydrogens (tertiary/aromatic N) is 2. The van der Waals surface area contributed by atoms with Gasteiger partial charge in [0.25, 0.3) is 0 Å². The second kappa shape index (κ2) is 7.27. The third-order valence-electron chi connectivity index (χ3n) is 4.39. The van der Waals surface area contributed by atoms with Crippen LogP contribution in [0.25, 0.3) is 0 Å². The topological polar surface area (TPSA) is 18.5 Å². The molecule has 1 N–H and O–H groups in total. The number of hydrogen-bond donors (Lipinski definition) is 1. The van der Waals surface area contributed by atoms with Crippen LogP contribution in [0, 0.1) is 5.92 Å². The Morgan fingerprint density at radius 1 is 1.11 bits per heavy atom. The van der Waals surface area contributed by atoms with E-state index in [4.69, 9.17) is 0 Å². The molecular formula is C15H29N3. The zero-order valence-electron chi connectivity index (χ0n) is 12.0. The zero-order valence-corrected chi connectivity index (χ0v) is 12.0. The van der Waals surface area contributed by atoms with Crippen molar-refractivity contribution in [3.8, 4) is 0 Å². The molecule has 2 aliphatic rings. The van der Waals surface area contributed by atoms with Crippen LogP contribution in [0.15, 0.2) is 12.2 Å². The van der Waals surface area contributed by atoms with Crippen molar-refractivity contribution in [1.29, 1.82) is 0 Å². The summed E-state index contributed by atoms with van der Waals surface area (Å²) in [6, 6.07) is 0. The molecule has 0 bridgehead atoms. The predicted octanol–water partition coefficient (Wildman–Crippen LogP) is 1.57. The van der Waals surface area contributed by atoms with E-state index in [9.17, 15) is 0 Å². The predicted molar refractivity (Wildman–Crippen MR) is 77.9 cm³/mol. The average Bonchev–Trinajstić information content (AvgIpc) is 2.40. The lowest BCUT2D eigenvalue weighted by Crippen LogP contribution is -2.44. The van der Waals surface area contributed by atoms with Gasteiger partial charge in [0.1, 0.15) is 0 Å². The standard InChI is InChI=1S/C15H29N3/c1-3-17-8-4-15(5-9-17)12-14(2)13-18-10-6-16-7-11-18/h15-16H,2-13H2,1H3. The molecule has 2 fully saturated rings. The molecular weight excluding hydrogens is 222 g/mol. The lowest BCUT2D eigenvalue weighted by molar-refractivity contribution is 0.188. The molecule has 3 heteroatoms. The highest BCUT2D eigenvalue weighted by Crippen LogP contribution is 2.23. The Balaban J connectivity index is 1.65. The van der Waals surface area contributed by atoms with Crippen molar-refractivity contribution in [2.75, 3.05) is 52.4 Å². The summed E-state index contributed by atoms with van der Waals surface area (Å²) in [6.07, 6.45) is 3.99. The van der Waals surface area contributed by atoms with E-state index in [1.807, 2.05) is 0 Å². The van der Waals surface area contributed by atoms with Gasteiger partial charge in [0, 0.05) is 32.7 Å². The maximum Gasteiger partial charge on any atom is 0.0191 e. The molecule has 104 valence electrons. The van der Waals surface area contributed by atoms with Gasteiger partial charge in [0.05, 0.1) is 0 Å². The van der Waals surface area contributed by atoms with Crippen LogP contribution in [-0.4, -0.2) is 62.2 Å². The van der Waals surface area contributed by atoms with Crippen molar-refractivity contribution in [3.05, 3.63) is 12.2 Å². The summed E-state index contributed by atoms with van der Waals surface area (Å²) in [7, 11) is 0. The van der Waals surface area contributed by atoms with Gasteiger partial charge in [-0.1, -0.05) is 19.1 Å². The van der Waals surface area contributed by atoms with Gasteiger partial charge in [-0.3, -0.25) is 4.90 Å². The normalized spacial score (nSPS) is 24.3. The average molecular weight is 251 g/mol. The van der Waals surface area contributed by atoms with Gasteiger partial charge in [0.2, 0.25) is 0 Å². The van der Waals surface area contributed by atoms with Gasteiger partial charge < -0.3 is 10.2 Å². The second-order valence-electron chi connectivity index (χ2n) is 5.86. The molecule has 0 radical (unpaired) electrons. The molecule has 0 atom stereocenters. The van der Waals surface area contributed by atoms with E-state index in [0.717, 1.165) is 25.6 Å². The van der Waals surface area contributed by atoms with Crippen molar-refractivity contribution in [2.24, 2.45) is 5.92 Å². The molecule has 0 unspecified atom stereocenters. The van der Waals surface area contributed by atoms with Crippen LogP contribution in [0.5, 0.6) is 0 Å². The number of nitrogens with one attached hydrogen (secondary N) is 1. The van der Waals surface area contributed by atoms with Crippen LogP contribution in [0.1, 0.15) is 26.2 Å². The monoisotopic (exact) mass is 251 g/mol. The Morgan fingerprint density at radius 3 is 2.39 bits per heavy atom. The summed E-state index contributed by atoms with van der Waals surface area (Å²) in [5.41, 5.74) is 1.45. The minimum Gasteiger partial charge on any atom is -0.314 e. The molecule has 3 nitrogen and oxygen atoms in total. The van der Waals surface area contributed by atoms with Gasteiger partial charge in [-0.15, -0.1) is 0 Å². The molecule has 0 aliphatic carbocycles. The van der Waals surface area contributed by atoms with Gasteiger partial charge in [-0.25, -0.2) is 0 Å². The first-order valence-electron chi connectivity index (χ1n) is 7.60. The summed E-state index contributed by atoms with van der Waals surface area (Å²) in [5, 5.41) is 3.40. The Morgan fingerprint density at radius 2 is 1.78 bits per heavy atom. The highest BCUT2D eigenvalue weighted by Gasteiger charge is 2.19. The van der Waals surface area contributed by atoms with Crippen molar-refractivity contribution in [1.82, 2.24) is 15.1 Å². The summed E-state index contributed by atoms with van der Waals surface area (Å²) < 4.78 is 0. The molecule has 18 heavy (non-hydrogen) atoms. The minimum absolute atomic E-state index is 0.892. The Labute approximate surface area is 112 Å².